The molecule has 0 unspecified atom stereocenters. The van der Waals surface area contributed by atoms with Crippen LogP contribution >= 0.6 is 11.6 Å². The van der Waals surface area contributed by atoms with E-state index in [-0.39, 0.29) is 18.4 Å². The molecule has 25 heavy (non-hydrogen) atoms. The van der Waals surface area contributed by atoms with Crippen molar-refractivity contribution in [2.75, 3.05) is 45.2 Å². The van der Waals surface area contributed by atoms with Crippen molar-refractivity contribution in [2.24, 2.45) is 0 Å². The lowest BCUT2D eigenvalue weighted by molar-refractivity contribution is -0.133. The summed E-state index contributed by atoms with van der Waals surface area (Å²) in [6.45, 7) is 5.13. The second-order valence-electron chi connectivity index (χ2n) is 6.15. The Bertz CT molecular complexity index is 601. The zero-order chi connectivity index (χ0) is 18.2. The van der Waals surface area contributed by atoms with Crippen molar-refractivity contribution in [2.45, 2.75) is 26.2 Å². The van der Waals surface area contributed by atoms with Crippen molar-refractivity contribution in [1.82, 2.24) is 9.80 Å². The summed E-state index contributed by atoms with van der Waals surface area (Å²) in [5.41, 5.74) is 0.563. The molecule has 0 atom stereocenters. The summed E-state index contributed by atoms with van der Waals surface area (Å²) >= 11 is 5.98. The summed E-state index contributed by atoms with van der Waals surface area (Å²) in [5, 5.41) is 3.38. The smallest absolute Gasteiger partial charge is 0.238 e. The molecule has 0 bridgehead atoms. The highest BCUT2D eigenvalue weighted by molar-refractivity contribution is 6.31. The minimum absolute atomic E-state index is 0.119. The zero-order valence-electron chi connectivity index (χ0n) is 14.9. The maximum atomic E-state index is 12.3. The van der Waals surface area contributed by atoms with E-state index in [0.717, 1.165) is 12.8 Å². The molecular formula is C18H26ClN3O3. The van der Waals surface area contributed by atoms with E-state index >= 15 is 0 Å². The second kappa shape index (κ2) is 9.63. The van der Waals surface area contributed by atoms with Gasteiger partial charge in [0.05, 0.1) is 19.3 Å². The Morgan fingerprint density at radius 2 is 1.96 bits per heavy atom. The summed E-state index contributed by atoms with van der Waals surface area (Å²) in [5.74, 6) is 0.671. The van der Waals surface area contributed by atoms with Gasteiger partial charge in [-0.15, -0.1) is 0 Å². The Kier molecular flexibility index (Phi) is 7.52. The van der Waals surface area contributed by atoms with Crippen LogP contribution in [0.4, 0.5) is 5.69 Å². The SMILES string of the molecule is CCCCC(=O)N1CCN(CC(=O)Nc2cc(Cl)ccc2OC)CC1. The highest BCUT2D eigenvalue weighted by Gasteiger charge is 2.22. The Labute approximate surface area is 154 Å². The van der Waals surface area contributed by atoms with Gasteiger partial charge in [0.1, 0.15) is 5.75 Å². The van der Waals surface area contributed by atoms with Crippen LogP contribution in [0, 0.1) is 0 Å². The predicted octanol–water partition coefficient (Wildman–Crippen LogP) is 2.62. The number of amides is 2. The number of halogens is 1. The third kappa shape index (κ3) is 5.90. The van der Waals surface area contributed by atoms with E-state index in [1.54, 1.807) is 25.3 Å². The Morgan fingerprint density at radius 3 is 2.60 bits per heavy atom. The lowest BCUT2D eigenvalue weighted by Crippen LogP contribution is -2.50. The molecule has 1 fully saturated rings. The van der Waals surface area contributed by atoms with Gasteiger partial charge in [-0.2, -0.15) is 0 Å². The van der Waals surface area contributed by atoms with Crippen LogP contribution in [0.1, 0.15) is 26.2 Å². The summed E-state index contributed by atoms with van der Waals surface area (Å²) in [6.07, 6.45) is 2.58. The van der Waals surface area contributed by atoms with E-state index in [1.165, 1.54) is 0 Å². The number of ether oxygens (including phenoxy) is 1. The van der Waals surface area contributed by atoms with Crippen LogP contribution in [0.2, 0.25) is 5.02 Å². The molecule has 0 aromatic heterocycles. The number of anilines is 1. The van der Waals surface area contributed by atoms with E-state index in [9.17, 15) is 9.59 Å². The third-order valence-corrected chi connectivity index (χ3v) is 4.51. The normalized spacial score (nSPS) is 15.1. The first-order chi connectivity index (χ1) is 12.0. The van der Waals surface area contributed by atoms with Gasteiger partial charge in [0.15, 0.2) is 0 Å². The Balaban J connectivity index is 1.81. The van der Waals surface area contributed by atoms with E-state index in [4.69, 9.17) is 16.3 Å². The molecule has 0 spiro atoms. The van der Waals surface area contributed by atoms with Crippen molar-refractivity contribution in [3.8, 4) is 5.75 Å². The summed E-state index contributed by atoms with van der Waals surface area (Å²) in [6, 6.07) is 5.10. The molecule has 0 radical (unpaired) electrons. The van der Waals surface area contributed by atoms with Crippen LogP contribution in [0.25, 0.3) is 0 Å². The van der Waals surface area contributed by atoms with E-state index in [1.807, 2.05) is 4.90 Å². The van der Waals surface area contributed by atoms with Gasteiger partial charge < -0.3 is 15.0 Å². The first-order valence-electron chi connectivity index (χ1n) is 8.67. The highest BCUT2D eigenvalue weighted by atomic mass is 35.5. The monoisotopic (exact) mass is 367 g/mol. The number of nitrogens with zero attached hydrogens (tertiary/aromatic N) is 2. The standard InChI is InChI=1S/C18H26ClN3O3/c1-3-4-5-18(24)22-10-8-21(9-11-22)13-17(23)20-15-12-14(19)6-7-16(15)25-2/h6-7,12H,3-5,8-11,13H2,1-2H3,(H,20,23). The van der Waals surface area contributed by atoms with Gasteiger partial charge in [-0.05, 0) is 24.6 Å². The lowest BCUT2D eigenvalue weighted by atomic mass is 10.2. The van der Waals surface area contributed by atoms with Crippen LogP contribution in [-0.2, 0) is 9.59 Å². The maximum absolute atomic E-state index is 12.3. The quantitative estimate of drug-likeness (QED) is 0.804. The molecule has 7 heteroatoms. The van der Waals surface area contributed by atoms with E-state index in [0.29, 0.717) is 49.1 Å². The summed E-state index contributed by atoms with van der Waals surface area (Å²) in [4.78, 5) is 28.3. The van der Waals surface area contributed by atoms with Gasteiger partial charge in [-0.25, -0.2) is 0 Å². The van der Waals surface area contributed by atoms with Gasteiger partial charge in [0, 0.05) is 37.6 Å². The Morgan fingerprint density at radius 1 is 1.24 bits per heavy atom. The number of nitrogens with one attached hydrogen (secondary N) is 1. The molecule has 1 aromatic carbocycles. The molecule has 2 rings (SSSR count). The van der Waals surface area contributed by atoms with E-state index < -0.39 is 0 Å². The first-order valence-corrected chi connectivity index (χ1v) is 9.04. The van der Waals surface area contributed by atoms with Crippen molar-refractivity contribution in [3.05, 3.63) is 23.2 Å². The summed E-state index contributed by atoms with van der Waals surface area (Å²) in [7, 11) is 1.55. The summed E-state index contributed by atoms with van der Waals surface area (Å²) < 4.78 is 5.23. The molecule has 1 aliphatic heterocycles. The van der Waals surface area contributed by atoms with Crippen LogP contribution in [0.3, 0.4) is 0 Å². The van der Waals surface area contributed by atoms with Gasteiger partial charge >= 0.3 is 0 Å². The van der Waals surface area contributed by atoms with Crippen LogP contribution in [-0.4, -0.2) is 61.4 Å². The van der Waals surface area contributed by atoms with Crippen LogP contribution in [0.15, 0.2) is 18.2 Å². The fraction of sp³-hybridized carbons (Fsp3) is 0.556. The number of unbranched alkanes of at least 4 members (excludes halogenated alkanes) is 1. The molecule has 138 valence electrons. The van der Waals surface area contributed by atoms with Gasteiger partial charge in [0.25, 0.3) is 0 Å². The zero-order valence-corrected chi connectivity index (χ0v) is 15.6. The third-order valence-electron chi connectivity index (χ3n) is 4.27. The van der Waals surface area contributed by atoms with Crippen LogP contribution < -0.4 is 10.1 Å². The minimum atomic E-state index is -0.119. The average Bonchev–Trinajstić information content (AvgIpc) is 2.60. The largest absolute Gasteiger partial charge is 0.495 e. The predicted molar refractivity (Wildman–Crippen MR) is 99.2 cm³/mol. The molecule has 1 N–H and O–H groups in total. The molecular weight excluding hydrogens is 342 g/mol. The number of carbonyl (C=O) groups excluding carboxylic acids is 2. The van der Waals surface area contributed by atoms with Crippen LogP contribution in [0.5, 0.6) is 5.75 Å². The molecule has 2 amide bonds. The number of piperazine rings is 1. The maximum Gasteiger partial charge on any atom is 0.238 e. The fourth-order valence-electron chi connectivity index (χ4n) is 2.81. The van der Waals surface area contributed by atoms with Crippen molar-refractivity contribution in [3.63, 3.8) is 0 Å². The van der Waals surface area contributed by atoms with Crippen molar-refractivity contribution < 1.29 is 14.3 Å². The van der Waals surface area contributed by atoms with Crippen molar-refractivity contribution >= 4 is 29.1 Å². The van der Waals surface area contributed by atoms with Gasteiger partial charge in [-0.3, -0.25) is 14.5 Å². The molecule has 1 saturated heterocycles. The Hall–Kier alpha value is -1.79. The number of rotatable bonds is 7. The van der Waals surface area contributed by atoms with Gasteiger partial charge in [-0.1, -0.05) is 24.9 Å². The first kappa shape index (κ1) is 19.5. The van der Waals surface area contributed by atoms with E-state index in [2.05, 4.69) is 17.1 Å². The van der Waals surface area contributed by atoms with Crippen molar-refractivity contribution in [1.29, 1.82) is 0 Å². The highest BCUT2D eigenvalue weighted by Crippen LogP contribution is 2.27. The topological polar surface area (TPSA) is 61.9 Å². The van der Waals surface area contributed by atoms with Gasteiger partial charge in [0.2, 0.25) is 11.8 Å². The molecule has 1 aromatic rings. The number of carbonyl (C=O) groups is 2. The fourth-order valence-corrected chi connectivity index (χ4v) is 2.98. The average molecular weight is 368 g/mol. The number of benzene rings is 1. The number of hydrogen-bond acceptors (Lipinski definition) is 4. The molecule has 6 nitrogen and oxygen atoms in total. The minimum Gasteiger partial charge on any atom is -0.495 e. The molecule has 1 heterocycles. The lowest BCUT2D eigenvalue weighted by Gasteiger charge is -2.34. The molecule has 1 aliphatic rings. The number of hydrogen-bond donors (Lipinski definition) is 1. The number of methoxy groups -OCH3 is 1. The second-order valence-corrected chi connectivity index (χ2v) is 6.59. The molecule has 0 saturated carbocycles. The molecule has 0 aliphatic carbocycles.